The second-order valence-electron chi connectivity index (χ2n) is 6.36. The summed E-state index contributed by atoms with van der Waals surface area (Å²) in [5.41, 5.74) is 2.94. The van der Waals surface area contributed by atoms with Gasteiger partial charge in [0.2, 0.25) is 0 Å². The number of halogens is 1. The Morgan fingerprint density at radius 1 is 1.28 bits per heavy atom. The largest absolute Gasteiger partial charge is 0.496 e. The van der Waals surface area contributed by atoms with Gasteiger partial charge >= 0.3 is 5.97 Å². The molecule has 0 radical (unpaired) electrons. The summed E-state index contributed by atoms with van der Waals surface area (Å²) in [4.78, 5) is 12.0. The van der Waals surface area contributed by atoms with Gasteiger partial charge in [0.25, 0.3) is 0 Å². The Kier molecular flexibility index (Phi) is 8.54. The number of carbonyl (C=O) groups excluding carboxylic acids is 1. The van der Waals surface area contributed by atoms with Crippen LogP contribution in [-0.4, -0.2) is 38.2 Å². The first-order valence-electron chi connectivity index (χ1n) is 9.32. The van der Waals surface area contributed by atoms with Gasteiger partial charge < -0.3 is 19.5 Å². The quantitative estimate of drug-likeness (QED) is 0.448. The molecule has 0 amide bonds. The molecule has 0 saturated carbocycles. The highest BCUT2D eigenvalue weighted by Gasteiger charge is 2.26. The molecule has 0 spiro atoms. The zero-order valence-electron chi connectivity index (χ0n) is 17.0. The first kappa shape index (κ1) is 22.8. The molecule has 7 heteroatoms. The Bertz CT molecular complexity index is 859. The van der Waals surface area contributed by atoms with Crippen molar-refractivity contribution in [1.82, 2.24) is 0 Å². The molecule has 5 nitrogen and oxygen atoms in total. The van der Waals surface area contributed by atoms with Gasteiger partial charge in [0.15, 0.2) is 0 Å². The fraction of sp³-hybridized carbons (Fsp3) is 0.364. The van der Waals surface area contributed by atoms with Crippen molar-refractivity contribution in [3.63, 3.8) is 0 Å². The summed E-state index contributed by atoms with van der Waals surface area (Å²) in [6, 6.07) is 10.0. The van der Waals surface area contributed by atoms with Crippen molar-refractivity contribution >= 4 is 29.2 Å². The van der Waals surface area contributed by atoms with E-state index in [9.17, 15) is 9.18 Å². The van der Waals surface area contributed by atoms with E-state index in [-0.39, 0.29) is 13.0 Å². The maximum Gasteiger partial charge on any atom is 0.308 e. The Labute approximate surface area is 176 Å². The molecule has 0 aliphatic rings. The Morgan fingerprint density at radius 3 is 2.66 bits per heavy atom. The van der Waals surface area contributed by atoms with Gasteiger partial charge in [-0.25, -0.2) is 4.39 Å². The molecule has 1 N–H and O–H groups in total. The summed E-state index contributed by atoms with van der Waals surface area (Å²) in [6.07, 6.45) is -1.39. The lowest BCUT2D eigenvalue weighted by Gasteiger charge is -2.27. The number of rotatable bonds is 10. The molecular formula is C22H26FNO4S. The van der Waals surface area contributed by atoms with Crippen molar-refractivity contribution in [2.24, 2.45) is 0 Å². The van der Waals surface area contributed by atoms with Gasteiger partial charge in [0.05, 0.1) is 26.2 Å². The molecule has 0 bridgehead atoms. The summed E-state index contributed by atoms with van der Waals surface area (Å²) >= 11 is 5.09. The van der Waals surface area contributed by atoms with E-state index in [1.807, 2.05) is 25.1 Å². The Morgan fingerprint density at radius 2 is 2.03 bits per heavy atom. The lowest BCUT2D eigenvalue weighted by atomic mass is 9.95. The van der Waals surface area contributed by atoms with Crippen LogP contribution in [0, 0.1) is 12.7 Å². The smallest absolute Gasteiger partial charge is 0.308 e. The second-order valence-corrected chi connectivity index (χ2v) is 6.63. The Balaban J connectivity index is 2.53. The standard InChI is InChI=1S/C22H26FNO4S/c1-5-27-21(25)12-16(13-29)28-22(17-7-6-8-20(26-4)14(17)2)18-11-15(23)9-10-19(18)24-3/h6-11,13,16,22,24H,5,12H2,1-4H3/t16-,22-/m1/s1. The van der Waals surface area contributed by atoms with E-state index in [0.717, 1.165) is 11.1 Å². The molecule has 2 aromatic rings. The molecule has 0 saturated heterocycles. The van der Waals surface area contributed by atoms with Gasteiger partial charge in [-0.1, -0.05) is 24.4 Å². The summed E-state index contributed by atoms with van der Waals surface area (Å²) in [6.45, 7) is 3.91. The summed E-state index contributed by atoms with van der Waals surface area (Å²) in [5, 5.41) is 4.45. The number of nitrogens with one attached hydrogen (secondary N) is 1. The molecule has 0 aromatic heterocycles. The topological polar surface area (TPSA) is 56.8 Å². The fourth-order valence-corrected chi connectivity index (χ4v) is 3.28. The number of hydrogen-bond acceptors (Lipinski definition) is 6. The number of anilines is 1. The third kappa shape index (κ3) is 5.74. The SMILES string of the molecule is CCOC(=O)C[C@H](C=S)O[C@@H](c1cc(F)ccc1NC)c1cccc(OC)c1C. The van der Waals surface area contributed by atoms with Crippen molar-refractivity contribution in [2.45, 2.75) is 32.5 Å². The molecule has 2 rings (SSSR count). The number of ether oxygens (including phenoxy) is 3. The van der Waals surface area contributed by atoms with Crippen LogP contribution in [0.15, 0.2) is 36.4 Å². The normalized spacial score (nSPS) is 12.7. The third-order valence-electron chi connectivity index (χ3n) is 4.53. The van der Waals surface area contributed by atoms with Gasteiger partial charge in [0.1, 0.15) is 17.7 Å². The van der Waals surface area contributed by atoms with Crippen LogP contribution < -0.4 is 10.1 Å². The number of hydrogen-bond donors (Lipinski definition) is 1. The maximum atomic E-state index is 14.1. The van der Waals surface area contributed by atoms with Crippen molar-refractivity contribution in [3.8, 4) is 5.75 Å². The number of methoxy groups -OCH3 is 1. The molecule has 156 valence electrons. The molecular weight excluding hydrogens is 393 g/mol. The van der Waals surface area contributed by atoms with Crippen LogP contribution in [0.4, 0.5) is 10.1 Å². The summed E-state index contributed by atoms with van der Waals surface area (Å²) in [5.74, 6) is -0.118. The van der Waals surface area contributed by atoms with Crippen molar-refractivity contribution < 1.29 is 23.4 Å². The fourth-order valence-electron chi connectivity index (χ4n) is 3.12. The van der Waals surface area contributed by atoms with Gasteiger partial charge in [-0.05, 0) is 49.2 Å². The molecule has 2 atom stereocenters. The average Bonchev–Trinajstić information content (AvgIpc) is 2.71. The third-order valence-corrected chi connectivity index (χ3v) is 4.83. The minimum absolute atomic E-state index is 0.0267. The van der Waals surface area contributed by atoms with Crippen LogP contribution >= 0.6 is 12.2 Å². The van der Waals surface area contributed by atoms with Gasteiger partial charge in [-0.2, -0.15) is 0 Å². The monoisotopic (exact) mass is 419 g/mol. The minimum atomic E-state index is -0.687. The van der Waals surface area contributed by atoms with Gasteiger partial charge in [-0.15, -0.1) is 0 Å². The van der Waals surface area contributed by atoms with E-state index in [1.165, 1.54) is 17.5 Å². The van der Waals surface area contributed by atoms with E-state index < -0.39 is 24.0 Å². The highest BCUT2D eigenvalue weighted by molar-refractivity contribution is 7.79. The zero-order chi connectivity index (χ0) is 21.4. The van der Waals surface area contributed by atoms with Crippen LogP contribution in [0.25, 0.3) is 0 Å². The number of thiocarbonyl (C=S) groups is 1. The van der Waals surface area contributed by atoms with Crippen molar-refractivity contribution in [3.05, 3.63) is 58.9 Å². The van der Waals surface area contributed by atoms with Crippen LogP contribution in [0.5, 0.6) is 5.75 Å². The van der Waals surface area contributed by atoms with Crippen molar-refractivity contribution in [1.29, 1.82) is 0 Å². The van der Waals surface area contributed by atoms with E-state index in [2.05, 4.69) is 5.32 Å². The van der Waals surface area contributed by atoms with Crippen LogP contribution in [0.1, 0.15) is 36.1 Å². The first-order valence-corrected chi connectivity index (χ1v) is 9.79. The number of esters is 1. The number of carbonyl (C=O) groups is 1. The van der Waals surface area contributed by atoms with Crippen LogP contribution in [0.3, 0.4) is 0 Å². The molecule has 0 unspecified atom stereocenters. The highest BCUT2D eigenvalue weighted by atomic mass is 32.1. The van der Waals surface area contributed by atoms with Gasteiger partial charge in [0, 0.05) is 23.7 Å². The zero-order valence-corrected chi connectivity index (χ0v) is 17.8. The maximum absolute atomic E-state index is 14.1. The molecule has 29 heavy (non-hydrogen) atoms. The second kappa shape index (κ2) is 10.9. The van der Waals surface area contributed by atoms with Crippen LogP contribution in [0.2, 0.25) is 0 Å². The minimum Gasteiger partial charge on any atom is -0.496 e. The molecule has 0 heterocycles. The molecule has 0 aliphatic heterocycles. The van der Waals surface area contributed by atoms with Crippen LogP contribution in [-0.2, 0) is 14.3 Å². The first-order chi connectivity index (χ1) is 13.9. The lowest BCUT2D eigenvalue weighted by Crippen LogP contribution is -2.24. The molecule has 0 fully saturated rings. The van der Waals surface area contributed by atoms with E-state index in [4.69, 9.17) is 26.4 Å². The average molecular weight is 420 g/mol. The Hall–Kier alpha value is -2.51. The highest BCUT2D eigenvalue weighted by Crippen LogP contribution is 2.37. The lowest BCUT2D eigenvalue weighted by molar-refractivity contribution is -0.145. The van der Waals surface area contributed by atoms with Crippen molar-refractivity contribution in [2.75, 3.05) is 26.1 Å². The molecule has 0 aliphatic carbocycles. The predicted molar refractivity (Wildman–Crippen MR) is 115 cm³/mol. The predicted octanol–water partition coefficient (Wildman–Crippen LogP) is 4.61. The van der Waals surface area contributed by atoms with Gasteiger partial charge in [-0.3, -0.25) is 4.79 Å². The number of benzene rings is 2. The summed E-state index contributed by atoms with van der Waals surface area (Å²) < 4.78 is 30.8. The van der Waals surface area contributed by atoms with E-state index in [0.29, 0.717) is 17.0 Å². The van der Waals surface area contributed by atoms with E-state index in [1.54, 1.807) is 27.1 Å². The summed E-state index contributed by atoms with van der Waals surface area (Å²) in [7, 11) is 3.34. The van der Waals surface area contributed by atoms with E-state index >= 15 is 0 Å². The molecule has 2 aromatic carbocycles.